The lowest BCUT2D eigenvalue weighted by atomic mass is 10.0. The molecular weight excluding hydrogens is 225 g/mol. The molecule has 0 bridgehead atoms. The molecule has 0 aliphatic rings. The highest BCUT2D eigenvalue weighted by Gasteiger charge is 2.33. The normalized spacial score (nSPS) is 13.5. The van der Waals surface area contributed by atoms with Crippen LogP contribution < -0.4 is 0 Å². The minimum absolute atomic E-state index is 0.0738. The highest BCUT2D eigenvalue weighted by Crippen LogP contribution is 2.29. The van der Waals surface area contributed by atoms with Gasteiger partial charge >= 0.3 is 12.1 Å². The second-order valence-electron chi connectivity index (χ2n) is 3.32. The summed E-state index contributed by atoms with van der Waals surface area (Å²) in [6.07, 6.45) is -4.02. The maximum atomic E-state index is 12.3. The first-order chi connectivity index (χ1) is 7.30. The zero-order valence-corrected chi connectivity index (χ0v) is 8.32. The number of alkyl halides is 3. The highest BCUT2D eigenvalue weighted by molar-refractivity contribution is 5.67. The first kappa shape index (κ1) is 12.4. The first-order valence-electron chi connectivity index (χ1n) is 4.41. The molecule has 4 nitrogen and oxygen atoms in total. The highest BCUT2D eigenvalue weighted by atomic mass is 19.4. The van der Waals surface area contributed by atoms with Crippen molar-refractivity contribution in [2.24, 2.45) is 0 Å². The number of aliphatic carboxylic acids is 1. The van der Waals surface area contributed by atoms with E-state index >= 15 is 0 Å². The summed E-state index contributed by atoms with van der Waals surface area (Å²) >= 11 is 0. The van der Waals surface area contributed by atoms with E-state index < -0.39 is 23.8 Å². The van der Waals surface area contributed by atoms with Gasteiger partial charge in [-0.25, -0.2) is 9.97 Å². The van der Waals surface area contributed by atoms with Crippen LogP contribution in [0.15, 0.2) is 12.4 Å². The summed E-state index contributed by atoms with van der Waals surface area (Å²) in [5.74, 6) is -1.67. The van der Waals surface area contributed by atoms with Crippen molar-refractivity contribution in [2.45, 2.75) is 25.4 Å². The lowest BCUT2D eigenvalue weighted by Crippen LogP contribution is -2.11. The van der Waals surface area contributed by atoms with E-state index in [9.17, 15) is 18.0 Å². The van der Waals surface area contributed by atoms with Crippen LogP contribution in [0, 0.1) is 0 Å². The van der Waals surface area contributed by atoms with Gasteiger partial charge in [-0.05, 0) is 6.07 Å². The van der Waals surface area contributed by atoms with Crippen LogP contribution in [-0.2, 0) is 11.0 Å². The van der Waals surface area contributed by atoms with Crippen LogP contribution in [0.5, 0.6) is 0 Å². The van der Waals surface area contributed by atoms with Crippen LogP contribution in [0.4, 0.5) is 13.2 Å². The summed E-state index contributed by atoms with van der Waals surface area (Å²) in [6.45, 7) is 1.50. The average molecular weight is 234 g/mol. The molecule has 1 heterocycles. The molecule has 1 aromatic heterocycles. The second-order valence-corrected chi connectivity index (χ2v) is 3.32. The van der Waals surface area contributed by atoms with Crippen molar-refractivity contribution in [1.82, 2.24) is 9.97 Å². The SMILES string of the molecule is CC(CC(=O)O)c1cc(C(F)(F)F)ncn1. The Kier molecular flexibility index (Phi) is 3.46. The van der Waals surface area contributed by atoms with Gasteiger partial charge in [0.25, 0.3) is 0 Å². The largest absolute Gasteiger partial charge is 0.481 e. The van der Waals surface area contributed by atoms with E-state index in [0.29, 0.717) is 0 Å². The van der Waals surface area contributed by atoms with E-state index in [-0.39, 0.29) is 12.1 Å². The molecule has 0 spiro atoms. The third-order valence-corrected chi connectivity index (χ3v) is 1.96. The lowest BCUT2D eigenvalue weighted by molar-refractivity contribution is -0.141. The Labute approximate surface area is 89.1 Å². The zero-order valence-electron chi connectivity index (χ0n) is 8.32. The van der Waals surface area contributed by atoms with Crippen molar-refractivity contribution in [1.29, 1.82) is 0 Å². The molecule has 1 N–H and O–H groups in total. The molecule has 16 heavy (non-hydrogen) atoms. The minimum atomic E-state index is -4.54. The molecule has 0 fully saturated rings. The van der Waals surface area contributed by atoms with E-state index in [4.69, 9.17) is 5.11 Å². The molecule has 0 saturated carbocycles. The van der Waals surface area contributed by atoms with Crippen LogP contribution in [0.3, 0.4) is 0 Å². The molecule has 0 aromatic carbocycles. The first-order valence-corrected chi connectivity index (χ1v) is 4.41. The van der Waals surface area contributed by atoms with Gasteiger partial charge in [0.2, 0.25) is 0 Å². The van der Waals surface area contributed by atoms with E-state index in [1.54, 1.807) is 0 Å². The van der Waals surface area contributed by atoms with Crippen LogP contribution >= 0.6 is 0 Å². The average Bonchev–Trinajstić information content (AvgIpc) is 2.15. The van der Waals surface area contributed by atoms with Crippen molar-refractivity contribution < 1.29 is 23.1 Å². The van der Waals surface area contributed by atoms with Gasteiger partial charge in [-0.1, -0.05) is 6.92 Å². The number of carbonyl (C=O) groups is 1. The maximum absolute atomic E-state index is 12.3. The molecule has 0 aliphatic carbocycles. The summed E-state index contributed by atoms with van der Waals surface area (Å²) in [7, 11) is 0. The fourth-order valence-corrected chi connectivity index (χ4v) is 1.16. The molecule has 1 unspecified atom stereocenters. The fraction of sp³-hybridized carbons (Fsp3) is 0.444. The molecular formula is C9H9F3N2O2. The van der Waals surface area contributed by atoms with Crippen LogP contribution in [0.25, 0.3) is 0 Å². The van der Waals surface area contributed by atoms with Crippen molar-refractivity contribution in [3.63, 3.8) is 0 Å². The summed E-state index contributed by atoms with van der Waals surface area (Å²) in [4.78, 5) is 17.1. The molecule has 88 valence electrons. The standard InChI is InChI=1S/C9H9F3N2O2/c1-5(2-8(15)16)6-3-7(9(10,11)12)14-4-13-6/h3-5H,2H2,1H3,(H,15,16). The number of aromatic nitrogens is 2. The molecule has 0 aliphatic heterocycles. The van der Waals surface area contributed by atoms with E-state index in [0.717, 1.165) is 12.4 Å². The Morgan fingerprint density at radius 2 is 2.12 bits per heavy atom. The predicted octanol–water partition coefficient (Wildman–Crippen LogP) is 2.07. The summed E-state index contributed by atoms with van der Waals surface area (Å²) in [5.41, 5.74) is -0.987. The van der Waals surface area contributed by atoms with E-state index in [1.165, 1.54) is 6.92 Å². The quantitative estimate of drug-likeness (QED) is 0.869. The van der Waals surface area contributed by atoms with Gasteiger partial charge < -0.3 is 5.11 Å². The minimum Gasteiger partial charge on any atom is -0.481 e. The van der Waals surface area contributed by atoms with Gasteiger partial charge in [-0.15, -0.1) is 0 Å². The summed E-state index contributed by atoms with van der Waals surface area (Å²) < 4.78 is 36.9. The number of carboxylic acid groups (broad SMARTS) is 1. The predicted molar refractivity (Wildman–Crippen MR) is 47.7 cm³/mol. The van der Waals surface area contributed by atoms with Gasteiger partial charge in [0.1, 0.15) is 12.0 Å². The molecule has 7 heteroatoms. The van der Waals surface area contributed by atoms with Crippen LogP contribution in [-0.4, -0.2) is 21.0 Å². The van der Waals surface area contributed by atoms with Crippen molar-refractivity contribution in [2.75, 3.05) is 0 Å². The van der Waals surface area contributed by atoms with Gasteiger partial charge in [0.15, 0.2) is 0 Å². The molecule has 1 aromatic rings. The molecule has 1 atom stereocenters. The van der Waals surface area contributed by atoms with Gasteiger partial charge in [-0.3, -0.25) is 4.79 Å². The molecule has 0 saturated heterocycles. The van der Waals surface area contributed by atoms with Crippen molar-refractivity contribution in [3.05, 3.63) is 23.8 Å². The topological polar surface area (TPSA) is 63.1 Å². The van der Waals surface area contributed by atoms with E-state index in [2.05, 4.69) is 9.97 Å². The van der Waals surface area contributed by atoms with Gasteiger partial charge in [0, 0.05) is 11.6 Å². The van der Waals surface area contributed by atoms with Gasteiger partial charge in [0.05, 0.1) is 6.42 Å². The van der Waals surface area contributed by atoms with Gasteiger partial charge in [-0.2, -0.15) is 13.2 Å². The Hall–Kier alpha value is -1.66. The maximum Gasteiger partial charge on any atom is 0.433 e. The van der Waals surface area contributed by atoms with Crippen molar-refractivity contribution >= 4 is 5.97 Å². The Morgan fingerprint density at radius 1 is 1.50 bits per heavy atom. The fourth-order valence-electron chi connectivity index (χ4n) is 1.16. The third-order valence-electron chi connectivity index (χ3n) is 1.96. The second kappa shape index (κ2) is 4.46. The Morgan fingerprint density at radius 3 is 2.62 bits per heavy atom. The monoisotopic (exact) mass is 234 g/mol. The Balaban J connectivity index is 2.94. The zero-order chi connectivity index (χ0) is 12.3. The Bertz CT molecular complexity index is 393. The van der Waals surface area contributed by atoms with Crippen molar-refractivity contribution in [3.8, 4) is 0 Å². The van der Waals surface area contributed by atoms with E-state index in [1.807, 2.05) is 0 Å². The smallest absolute Gasteiger partial charge is 0.433 e. The number of hydrogen-bond acceptors (Lipinski definition) is 3. The molecule has 0 amide bonds. The molecule has 0 radical (unpaired) electrons. The summed E-state index contributed by atoms with van der Waals surface area (Å²) in [6, 6.07) is 0.771. The third kappa shape index (κ3) is 3.18. The van der Waals surface area contributed by atoms with Crippen LogP contribution in [0.1, 0.15) is 30.7 Å². The summed E-state index contributed by atoms with van der Waals surface area (Å²) in [5, 5.41) is 8.51. The number of hydrogen-bond donors (Lipinski definition) is 1. The van der Waals surface area contributed by atoms with Crippen LogP contribution in [0.2, 0.25) is 0 Å². The number of rotatable bonds is 3. The number of carboxylic acids is 1. The number of halogens is 3. The number of nitrogens with zero attached hydrogens (tertiary/aromatic N) is 2. The lowest BCUT2D eigenvalue weighted by Gasteiger charge is -2.10. The molecule has 1 rings (SSSR count).